The number of rotatable bonds is 4. The molecule has 0 aromatic carbocycles. The van der Waals surface area contributed by atoms with Gasteiger partial charge in [-0.25, -0.2) is 0 Å². The fraction of sp³-hybridized carbons (Fsp3) is 0.778. The zero-order valence-electron chi connectivity index (χ0n) is 8.57. The van der Waals surface area contributed by atoms with Gasteiger partial charge in [-0.05, 0) is 6.42 Å². The zero-order valence-corrected chi connectivity index (χ0v) is 8.57. The van der Waals surface area contributed by atoms with Gasteiger partial charge in [-0.1, -0.05) is 13.8 Å². The third-order valence-electron chi connectivity index (χ3n) is 1.99. The van der Waals surface area contributed by atoms with Crippen LogP contribution in [0.25, 0.3) is 0 Å². The molecule has 0 heterocycles. The minimum atomic E-state index is -0.849. The molecule has 0 aromatic heterocycles. The molecule has 4 nitrogen and oxygen atoms in total. The second-order valence-corrected chi connectivity index (χ2v) is 3.61. The lowest BCUT2D eigenvalue weighted by atomic mass is 9.96. The summed E-state index contributed by atoms with van der Waals surface area (Å²) < 4.78 is 0. The Morgan fingerprint density at radius 3 is 2.00 bits per heavy atom. The van der Waals surface area contributed by atoms with Crippen molar-refractivity contribution in [3.63, 3.8) is 0 Å². The molecule has 0 aromatic rings. The van der Waals surface area contributed by atoms with E-state index in [1.807, 2.05) is 0 Å². The Bertz CT molecular complexity index is 201. The molecule has 0 spiro atoms. The van der Waals surface area contributed by atoms with Gasteiger partial charge in [0.05, 0.1) is 5.92 Å². The van der Waals surface area contributed by atoms with Gasteiger partial charge in [0.1, 0.15) is 0 Å². The molecule has 0 aliphatic heterocycles. The minimum absolute atomic E-state index is 0.0203. The first-order valence-corrected chi connectivity index (χ1v) is 4.30. The summed E-state index contributed by atoms with van der Waals surface area (Å²) in [6.07, 6.45) is 0.395. The number of hydrogen-bond acceptors (Lipinski definition) is 2. The van der Waals surface area contributed by atoms with Gasteiger partial charge in [-0.15, -0.1) is 0 Å². The molecule has 4 heteroatoms. The predicted molar refractivity (Wildman–Crippen MR) is 49.3 cm³/mol. The Balaban J connectivity index is 4.07. The summed E-state index contributed by atoms with van der Waals surface area (Å²) in [6.45, 7) is 3.36. The second-order valence-electron chi connectivity index (χ2n) is 3.61. The molecule has 2 unspecified atom stereocenters. The third kappa shape index (κ3) is 3.92. The van der Waals surface area contributed by atoms with Crippen molar-refractivity contribution in [3.05, 3.63) is 0 Å². The van der Waals surface area contributed by atoms with Crippen LogP contribution in [0.3, 0.4) is 0 Å². The third-order valence-corrected chi connectivity index (χ3v) is 1.99. The van der Waals surface area contributed by atoms with Gasteiger partial charge in [0.2, 0.25) is 5.91 Å². The number of amides is 1. The van der Waals surface area contributed by atoms with Crippen LogP contribution in [0.4, 0.5) is 0 Å². The van der Waals surface area contributed by atoms with E-state index in [1.54, 1.807) is 27.9 Å². The van der Waals surface area contributed by atoms with Crippen LogP contribution >= 0.6 is 0 Å². The summed E-state index contributed by atoms with van der Waals surface area (Å²) in [4.78, 5) is 23.3. The summed E-state index contributed by atoms with van der Waals surface area (Å²) in [5.41, 5.74) is 0. The first-order chi connectivity index (χ1) is 5.86. The maximum Gasteiger partial charge on any atom is 0.306 e. The van der Waals surface area contributed by atoms with Crippen molar-refractivity contribution < 1.29 is 14.7 Å². The van der Waals surface area contributed by atoms with Gasteiger partial charge in [0, 0.05) is 20.0 Å². The minimum Gasteiger partial charge on any atom is -0.481 e. The van der Waals surface area contributed by atoms with Gasteiger partial charge in [0.15, 0.2) is 0 Å². The number of carbonyl (C=O) groups excluding carboxylic acids is 1. The van der Waals surface area contributed by atoms with Crippen LogP contribution in [0.15, 0.2) is 0 Å². The first kappa shape index (κ1) is 11.9. The number of carbonyl (C=O) groups is 2. The predicted octanol–water partition coefficient (Wildman–Crippen LogP) is 0.821. The van der Waals surface area contributed by atoms with Gasteiger partial charge >= 0.3 is 5.97 Å². The molecular weight excluding hydrogens is 170 g/mol. The lowest BCUT2D eigenvalue weighted by molar-refractivity contribution is -0.142. The van der Waals surface area contributed by atoms with Crippen molar-refractivity contribution in [3.8, 4) is 0 Å². The molecule has 0 bridgehead atoms. The van der Waals surface area contributed by atoms with Crippen molar-refractivity contribution >= 4 is 11.9 Å². The lowest BCUT2D eigenvalue weighted by Crippen LogP contribution is -2.30. The zero-order chi connectivity index (χ0) is 10.6. The Morgan fingerprint density at radius 1 is 1.23 bits per heavy atom. The van der Waals surface area contributed by atoms with E-state index in [-0.39, 0.29) is 11.8 Å². The fourth-order valence-electron chi connectivity index (χ4n) is 1.17. The molecule has 0 rings (SSSR count). The van der Waals surface area contributed by atoms with Crippen LogP contribution in [0.5, 0.6) is 0 Å². The van der Waals surface area contributed by atoms with Gasteiger partial charge in [-0.2, -0.15) is 0 Å². The molecule has 0 saturated carbocycles. The molecule has 0 aliphatic carbocycles. The Kier molecular flexibility index (Phi) is 4.45. The second kappa shape index (κ2) is 4.84. The number of carboxylic acid groups (broad SMARTS) is 1. The molecule has 2 atom stereocenters. The maximum atomic E-state index is 11.3. The van der Waals surface area contributed by atoms with Crippen LogP contribution < -0.4 is 0 Å². The molecule has 13 heavy (non-hydrogen) atoms. The van der Waals surface area contributed by atoms with E-state index in [1.165, 1.54) is 4.90 Å². The van der Waals surface area contributed by atoms with Crippen LogP contribution in [0.2, 0.25) is 0 Å². The average molecular weight is 187 g/mol. The monoisotopic (exact) mass is 187 g/mol. The fourth-order valence-corrected chi connectivity index (χ4v) is 1.17. The van der Waals surface area contributed by atoms with Crippen molar-refractivity contribution in [2.75, 3.05) is 14.1 Å². The van der Waals surface area contributed by atoms with Crippen LogP contribution in [-0.2, 0) is 9.59 Å². The summed E-state index contributed by atoms with van der Waals surface area (Å²) >= 11 is 0. The molecule has 0 radical (unpaired) electrons. The maximum absolute atomic E-state index is 11.3. The Labute approximate surface area is 78.5 Å². The Hall–Kier alpha value is -1.06. The highest BCUT2D eigenvalue weighted by Gasteiger charge is 2.21. The van der Waals surface area contributed by atoms with Crippen molar-refractivity contribution in [2.24, 2.45) is 11.8 Å². The SMILES string of the molecule is CC(CC(C)C(=O)N(C)C)C(=O)O. The molecule has 1 N–H and O–H groups in total. The smallest absolute Gasteiger partial charge is 0.306 e. The largest absolute Gasteiger partial charge is 0.481 e. The number of aliphatic carboxylic acids is 1. The summed E-state index contributed by atoms with van der Waals surface area (Å²) in [7, 11) is 3.34. The van der Waals surface area contributed by atoms with E-state index in [2.05, 4.69) is 0 Å². The summed E-state index contributed by atoms with van der Waals surface area (Å²) in [5, 5.41) is 8.63. The first-order valence-electron chi connectivity index (χ1n) is 4.30. The topological polar surface area (TPSA) is 57.6 Å². The van der Waals surface area contributed by atoms with Crippen LogP contribution in [0.1, 0.15) is 20.3 Å². The van der Waals surface area contributed by atoms with Crippen molar-refractivity contribution in [1.29, 1.82) is 0 Å². The van der Waals surface area contributed by atoms with E-state index in [9.17, 15) is 9.59 Å². The molecule has 0 saturated heterocycles. The molecule has 76 valence electrons. The van der Waals surface area contributed by atoms with E-state index in [0.29, 0.717) is 6.42 Å². The summed E-state index contributed by atoms with van der Waals surface area (Å²) in [6, 6.07) is 0. The standard InChI is InChI=1S/C9H17NO3/c1-6(8(11)10(3)4)5-7(2)9(12)13/h6-7H,5H2,1-4H3,(H,12,13). The number of hydrogen-bond donors (Lipinski definition) is 1. The van der Waals surface area contributed by atoms with Gasteiger partial charge in [0.25, 0.3) is 0 Å². The highest BCUT2D eigenvalue weighted by Crippen LogP contribution is 2.13. The highest BCUT2D eigenvalue weighted by molar-refractivity contribution is 5.79. The molecule has 0 fully saturated rings. The normalized spacial score (nSPS) is 14.8. The average Bonchev–Trinajstić information content (AvgIpc) is 2.02. The number of carboxylic acids is 1. The van der Waals surface area contributed by atoms with E-state index < -0.39 is 11.9 Å². The highest BCUT2D eigenvalue weighted by atomic mass is 16.4. The molecular formula is C9H17NO3. The van der Waals surface area contributed by atoms with Crippen LogP contribution in [0, 0.1) is 11.8 Å². The quantitative estimate of drug-likeness (QED) is 0.709. The van der Waals surface area contributed by atoms with Crippen molar-refractivity contribution in [2.45, 2.75) is 20.3 Å². The van der Waals surface area contributed by atoms with Crippen molar-refractivity contribution in [1.82, 2.24) is 4.90 Å². The van der Waals surface area contributed by atoms with E-state index in [0.717, 1.165) is 0 Å². The number of nitrogens with zero attached hydrogens (tertiary/aromatic N) is 1. The van der Waals surface area contributed by atoms with E-state index in [4.69, 9.17) is 5.11 Å². The lowest BCUT2D eigenvalue weighted by Gasteiger charge is -2.18. The molecule has 1 amide bonds. The van der Waals surface area contributed by atoms with Gasteiger partial charge in [-0.3, -0.25) is 9.59 Å². The molecule has 0 aliphatic rings. The van der Waals surface area contributed by atoms with E-state index >= 15 is 0 Å². The van der Waals surface area contributed by atoms with Gasteiger partial charge < -0.3 is 10.0 Å². The Morgan fingerprint density at radius 2 is 1.69 bits per heavy atom. The summed E-state index contributed by atoms with van der Waals surface area (Å²) in [5.74, 6) is -1.55. The van der Waals surface area contributed by atoms with Crippen LogP contribution in [-0.4, -0.2) is 36.0 Å².